The van der Waals surface area contributed by atoms with Crippen molar-refractivity contribution in [2.75, 3.05) is 0 Å². The van der Waals surface area contributed by atoms with Gasteiger partial charge in [0.2, 0.25) is 0 Å². The average molecular weight is 497 g/mol. The molecule has 138 valence electrons. The van der Waals surface area contributed by atoms with E-state index in [9.17, 15) is 0 Å². The summed E-state index contributed by atoms with van der Waals surface area (Å²) >= 11 is 4.48. The van der Waals surface area contributed by atoms with Crippen LogP contribution in [0.3, 0.4) is 0 Å². The molecule has 0 unspecified atom stereocenters. The summed E-state index contributed by atoms with van der Waals surface area (Å²) in [6.07, 6.45) is 0. The molecule has 0 saturated carbocycles. The van der Waals surface area contributed by atoms with Gasteiger partial charge in [-0.25, -0.2) is 0 Å². The number of halogens is 1. The van der Waals surface area contributed by atoms with Gasteiger partial charge in [-0.15, -0.1) is 0 Å². The number of benzene rings is 3. The normalized spacial score (nSPS) is 13.1. The zero-order valence-electron chi connectivity index (χ0n) is 16.2. The van der Waals surface area contributed by atoms with Gasteiger partial charge >= 0.3 is 173 Å². The number of hydrogen-bond acceptors (Lipinski definition) is 0. The Balaban J connectivity index is 2.37. The molecule has 0 aliphatic heterocycles. The fourth-order valence-electron chi connectivity index (χ4n) is 3.39. The van der Waals surface area contributed by atoms with Crippen molar-refractivity contribution in [2.24, 2.45) is 0 Å². The van der Waals surface area contributed by atoms with Crippen LogP contribution in [0.15, 0.2) is 91.0 Å². The van der Waals surface area contributed by atoms with Crippen LogP contribution < -0.4 is 13.1 Å². The van der Waals surface area contributed by atoms with E-state index in [-0.39, 0.29) is 0 Å². The SMILES string of the molecule is C[Si](C)(C)C#CC[As](Br)(c1ccccc1)(c1ccccc1)c1ccccc1. The Morgan fingerprint density at radius 1 is 0.667 bits per heavy atom. The maximum atomic E-state index is 4.48. The van der Waals surface area contributed by atoms with Crippen molar-refractivity contribution < 1.29 is 0 Å². The van der Waals surface area contributed by atoms with Crippen LogP contribution in [0.2, 0.25) is 24.8 Å². The second-order valence-electron chi connectivity index (χ2n) is 7.90. The molecule has 3 aromatic rings. The van der Waals surface area contributed by atoms with E-state index in [0.29, 0.717) is 0 Å². The van der Waals surface area contributed by atoms with Gasteiger partial charge in [-0.1, -0.05) is 0 Å². The molecule has 0 nitrogen and oxygen atoms in total. The summed E-state index contributed by atoms with van der Waals surface area (Å²) in [6.45, 7) is 6.92. The Hall–Kier alpha value is -1.52. The van der Waals surface area contributed by atoms with Gasteiger partial charge in [-0.2, -0.15) is 0 Å². The van der Waals surface area contributed by atoms with Crippen molar-refractivity contribution in [2.45, 2.75) is 24.8 Å². The zero-order chi connectivity index (χ0) is 19.4. The van der Waals surface area contributed by atoms with Crippen LogP contribution in [0.25, 0.3) is 0 Å². The fraction of sp³-hybridized carbons (Fsp3) is 0.167. The zero-order valence-corrected chi connectivity index (χ0v) is 20.7. The predicted molar refractivity (Wildman–Crippen MR) is 129 cm³/mol. The average Bonchev–Trinajstić information content (AvgIpc) is 2.69. The molecular weight excluding hydrogens is 471 g/mol. The van der Waals surface area contributed by atoms with E-state index in [1.807, 2.05) is 0 Å². The van der Waals surface area contributed by atoms with Crippen LogP contribution in [-0.4, -0.2) is 18.7 Å². The topological polar surface area (TPSA) is 0 Å². The molecule has 0 aliphatic carbocycles. The van der Waals surface area contributed by atoms with Crippen molar-refractivity contribution in [1.29, 1.82) is 0 Å². The Bertz CT molecular complexity index is 852. The van der Waals surface area contributed by atoms with Crippen LogP contribution in [0.5, 0.6) is 0 Å². The molecule has 0 fully saturated rings. The monoisotopic (exact) mass is 496 g/mol. The summed E-state index contributed by atoms with van der Waals surface area (Å²) in [7, 11) is -5.04. The van der Waals surface area contributed by atoms with E-state index >= 15 is 0 Å². The Morgan fingerprint density at radius 3 is 1.30 bits per heavy atom. The molecule has 0 bridgehead atoms. The van der Waals surface area contributed by atoms with Gasteiger partial charge < -0.3 is 0 Å². The Kier molecular flexibility index (Phi) is 5.87. The number of hydrogen-bond donors (Lipinski definition) is 0. The van der Waals surface area contributed by atoms with Crippen molar-refractivity contribution in [3.8, 4) is 11.5 Å². The van der Waals surface area contributed by atoms with Gasteiger partial charge in [0.25, 0.3) is 0 Å². The molecule has 0 atom stereocenters. The van der Waals surface area contributed by atoms with Crippen molar-refractivity contribution in [1.82, 2.24) is 0 Å². The van der Waals surface area contributed by atoms with E-state index in [0.717, 1.165) is 5.21 Å². The molecule has 3 aromatic carbocycles. The van der Waals surface area contributed by atoms with E-state index in [1.165, 1.54) is 13.1 Å². The van der Waals surface area contributed by atoms with Crippen molar-refractivity contribution in [3.63, 3.8) is 0 Å². The first-order valence-corrected chi connectivity index (χ1v) is 21.3. The maximum absolute atomic E-state index is 4.48. The summed E-state index contributed by atoms with van der Waals surface area (Å²) in [5.74, 6) is 3.65. The summed E-state index contributed by atoms with van der Waals surface area (Å²) < 4.78 is 4.12. The molecule has 3 rings (SSSR count). The molecule has 0 N–H and O–H groups in total. The molecule has 27 heavy (non-hydrogen) atoms. The minimum atomic E-state index is -3.60. The van der Waals surface area contributed by atoms with Crippen LogP contribution in [0.1, 0.15) is 0 Å². The molecule has 0 heterocycles. The summed E-state index contributed by atoms with van der Waals surface area (Å²) in [5, 5.41) is 0.848. The molecule has 0 amide bonds. The molecule has 3 heteroatoms. The van der Waals surface area contributed by atoms with Crippen molar-refractivity contribution in [3.05, 3.63) is 91.0 Å². The fourth-order valence-corrected chi connectivity index (χ4v) is 17.5. The summed E-state index contributed by atoms with van der Waals surface area (Å²) in [6, 6.07) is 32.8. The second kappa shape index (κ2) is 7.84. The van der Waals surface area contributed by atoms with E-state index in [4.69, 9.17) is 0 Å². The van der Waals surface area contributed by atoms with Crippen LogP contribution in [0, 0.1) is 11.5 Å². The van der Waals surface area contributed by atoms with Crippen LogP contribution in [0.4, 0.5) is 0 Å². The molecule has 0 spiro atoms. The quantitative estimate of drug-likeness (QED) is 0.356. The Labute approximate surface area is 172 Å². The second-order valence-corrected chi connectivity index (χ2v) is 29.7. The third-order valence-corrected chi connectivity index (χ3v) is 23.6. The standard InChI is InChI=1S/C24H26AsBrSi/c1-27(2,3)21-13-20-25(26,22-14-7-4-8-15-22,23-16-9-5-10-17-23)24-18-11-6-12-19-24/h4-12,14-19H,20H2,1-3H3. The van der Waals surface area contributed by atoms with Gasteiger partial charge in [-0.05, 0) is 0 Å². The summed E-state index contributed by atoms with van der Waals surface area (Å²) in [4.78, 5) is 0. The molecule has 0 aromatic heterocycles. The predicted octanol–water partition coefficient (Wildman–Crippen LogP) is 4.88. The van der Waals surface area contributed by atoms with E-state index in [2.05, 4.69) is 136 Å². The third kappa shape index (κ3) is 4.02. The van der Waals surface area contributed by atoms with Crippen LogP contribution >= 0.6 is 13.9 Å². The minimum absolute atomic E-state index is 0.848. The summed E-state index contributed by atoms with van der Waals surface area (Å²) in [5.41, 5.74) is 3.62. The van der Waals surface area contributed by atoms with E-state index in [1.54, 1.807) is 0 Å². The molecule has 0 saturated heterocycles. The molecular formula is C24H26AsBrSi. The van der Waals surface area contributed by atoms with Gasteiger partial charge in [0.1, 0.15) is 0 Å². The number of rotatable bonds is 4. The van der Waals surface area contributed by atoms with Gasteiger partial charge in [0, 0.05) is 0 Å². The van der Waals surface area contributed by atoms with Gasteiger partial charge in [-0.3, -0.25) is 0 Å². The molecule has 0 aliphatic rings. The van der Waals surface area contributed by atoms with Crippen molar-refractivity contribution >= 4 is 45.6 Å². The first kappa shape index (κ1) is 20.2. The van der Waals surface area contributed by atoms with Crippen LogP contribution in [-0.2, 0) is 0 Å². The first-order valence-electron chi connectivity index (χ1n) is 9.24. The van der Waals surface area contributed by atoms with Gasteiger partial charge in [0.15, 0.2) is 0 Å². The van der Waals surface area contributed by atoms with Gasteiger partial charge in [0.05, 0.1) is 0 Å². The van der Waals surface area contributed by atoms with E-state index < -0.39 is 18.7 Å². The molecule has 0 radical (unpaired) electrons. The third-order valence-electron chi connectivity index (χ3n) is 4.72. The Morgan fingerprint density at radius 2 is 1.00 bits per heavy atom. The first-order chi connectivity index (χ1) is 12.8.